The van der Waals surface area contributed by atoms with Crippen molar-refractivity contribution < 1.29 is 13.2 Å². The lowest BCUT2D eigenvalue weighted by Crippen LogP contribution is -2.43. The Kier molecular flexibility index (Phi) is 5.35. The van der Waals surface area contributed by atoms with Crippen LogP contribution in [-0.4, -0.2) is 18.5 Å². The third-order valence-electron chi connectivity index (χ3n) is 5.43. The van der Waals surface area contributed by atoms with Crippen LogP contribution < -0.4 is 0 Å². The number of nitrogens with zero attached hydrogens (tertiary/aromatic N) is 1. The van der Waals surface area contributed by atoms with Crippen LogP contribution in [0.2, 0.25) is 0 Å². The fourth-order valence-electron chi connectivity index (χ4n) is 4.16. The van der Waals surface area contributed by atoms with E-state index in [-0.39, 0.29) is 23.1 Å². The van der Waals surface area contributed by atoms with Crippen molar-refractivity contribution >= 4 is 15.8 Å². The molecule has 3 aromatic carbocycles. The lowest BCUT2D eigenvalue weighted by Gasteiger charge is -2.42. The zero-order chi connectivity index (χ0) is 20.4. The first-order chi connectivity index (χ1) is 14.0. The fourth-order valence-corrected chi connectivity index (χ4v) is 5.96. The molecular formula is C24H23NO3S. The van der Waals surface area contributed by atoms with Gasteiger partial charge in [0.1, 0.15) is 5.78 Å². The minimum Gasteiger partial charge on any atom is -0.300 e. The summed E-state index contributed by atoms with van der Waals surface area (Å²) in [6, 6.07) is 25.1. The molecule has 0 unspecified atom stereocenters. The molecule has 1 heterocycles. The molecule has 0 fully saturated rings. The van der Waals surface area contributed by atoms with Gasteiger partial charge in [-0.2, -0.15) is 4.31 Å². The zero-order valence-corrected chi connectivity index (χ0v) is 17.0. The number of fused-ring (bicyclic) bond motifs is 1. The predicted octanol–water partition coefficient (Wildman–Crippen LogP) is 4.70. The smallest absolute Gasteiger partial charge is 0.244 e. The highest BCUT2D eigenvalue weighted by Crippen LogP contribution is 2.45. The molecule has 3 aromatic rings. The number of hydrogen-bond acceptors (Lipinski definition) is 3. The summed E-state index contributed by atoms with van der Waals surface area (Å²) < 4.78 is 29.1. The molecule has 0 aromatic heterocycles. The van der Waals surface area contributed by atoms with Crippen LogP contribution in [0.3, 0.4) is 0 Å². The Morgan fingerprint density at radius 2 is 1.48 bits per heavy atom. The van der Waals surface area contributed by atoms with E-state index in [1.165, 1.54) is 6.92 Å². The van der Waals surface area contributed by atoms with E-state index >= 15 is 0 Å². The van der Waals surface area contributed by atoms with E-state index in [1.54, 1.807) is 34.6 Å². The Bertz CT molecular complexity index is 1110. The molecule has 4 nitrogen and oxygen atoms in total. The largest absolute Gasteiger partial charge is 0.300 e. The van der Waals surface area contributed by atoms with Gasteiger partial charge >= 0.3 is 0 Å². The van der Waals surface area contributed by atoms with Crippen molar-refractivity contribution in [1.29, 1.82) is 0 Å². The predicted molar refractivity (Wildman–Crippen MR) is 113 cm³/mol. The van der Waals surface area contributed by atoms with Gasteiger partial charge in [0, 0.05) is 6.42 Å². The topological polar surface area (TPSA) is 54.5 Å². The van der Waals surface area contributed by atoms with Crippen LogP contribution in [0.4, 0.5) is 0 Å². The number of carbonyl (C=O) groups excluding carboxylic acids is 1. The van der Waals surface area contributed by atoms with Gasteiger partial charge in [0.25, 0.3) is 0 Å². The van der Waals surface area contributed by atoms with Gasteiger partial charge in [0.05, 0.1) is 17.0 Å². The quantitative estimate of drug-likeness (QED) is 0.618. The summed E-state index contributed by atoms with van der Waals surface area (Å²) in [4.78, 5) is 12.4. The average Bonchev–Trinajstić information content (AvgIpc) is 2.74. The summed E-state index contributed by atoms with van der Waals surface area (Å²) in [5.41, 5.74) is 2.93. The average molecular weight is 406 g/mol. The number of sulfonamides is 1. The number of rotatable bonds is 5. The van der Waals surface area contributed by atoms with Crippen LogP contribution >= 0.6 is 0 Å². The summed E-state index contributed by atoms with van der Waals surface area (Å²) in [7, 11) is -3.82. The first-order valence-electron chi connectivity index (χ1n) is 9.69. The number of hydrogen-bond donors (Lipinski definition) is 0. The second-order valence-corrected chi connectivity index (χ2v) is 9.24. The van der Waals surface area contributed by atoms with Gasteiger partial charge in [-0.05, 0) is 42.2 Å². The van der Waals surface area contributed by atoms with Crippen molar-refractivity contribution in [3.63, 3.8) is 0 Å². The lowest BCUT2D eigenvalue weighted by molar-refractivity contribution is -0.118. The molecule has 5 heteroatoms. The van der Waals surface area contributed by atoms with Crippen LogP contribution in [0.15, 0.2) is 89.8 Å². The molecule has 29 heavy (non-hydrogen) atoms. The van der Waals surface area contributed by atoms with Crippen molar-refractivity contribution in [3.8, 4) is 0 Å². The van der Waals surface area contributed by atoms with Crippen molar-refractivity contribution in [2.45, 2.75) is 36.7 Å². The molecule has 0 bridgehead atoms. The van der Waals surface area contributed by atoms with Crippen molar-refractivity contribution in [3.05, 3.63) is 102 Å². The van der Waals surface area contributed by atoms with Gasteiger partial charge < -0.3 is 0 Å². The van der Waals surface area contributed by atoms with Gasteiger partial charge in [-0.1, -0.05) is 72.8 Å². The number of Topliss-reactive ketones (excluding diaryl/α,β-unsaturated/α-hetero) is 1. The minimum absolute atomic E-state index is 0.0354. The minimum atomic E-state index is -3.82. The Morgan fingerprint density at radius 3 is 2.14 bits per heavy atom. The van der Waals surface area contributed by atoms with E-state index in [0.29, 0.717) is 6.42 Å². The molecule has 0 aliphatic carbocycles. The highest BCUT2D eigenvalue weighted by molar-refractivity contribution is 7.89. The summed E-state index contributed by atoms with van der Waals surface area (Å²) >= 11 is 0. The zero-order valence-electron chi connectivity index (χ0n) is 16.2. The molecule has 0 spiro atoms. The monoisotopic (exact) mass is 405 g/mol. The summed E-state index contributed by atoms with van der Waals surface area (Å²) in [5, 5.41) is 0. The van der Waals surface area contributed by atoms with Gasteiger partial charge in [0.2, 0.25) is 10.0 Å². The van der Waals surface area contributed by atoms with Crippen LogP contribution in [-0.2, 0) is 21.2 Å². The van der Waals surface area contributed by atoms with Crippen molar-refractivity contribution in [2.24, 2.45) is 0 Å². The SMILES string of the molecule is CC(=O)C[C@H]1c2ccccc2C[C@H](c2ccccc2)N1S(=O)(=O)c1ccccc1. The third kappa shape index (κ3) is 3.76. The van der Waals surface area contributed by atoms with E-state index in [9.17, 15) is 13.2 Å². The van der Waals surface area contributed by atoms with Crippen LogP contribution in [0.25, 0.3) is 0 Å². The van der Waals surface area contributed by atoms with E-state index in [0.717, 1.165) is 16.7 Å². The Labute approximate surface area is 171 Å². The highest BCUT2D eigenvalue weighted by Gasteiger charge is 2.43. The number of benzene rings is 3. The molecule has 148 valence electrons. The summed E-state index contributed by atoms with van der Waals surface area (Å²) in [6.07, 6.45) is 0.715. The second kappa shape index (κ2) is 7.93. The van der Waals surface area contributed by atoms with Crippen LogP contribution in [0.5, 0.6) is 0 Å². The molecule has 0 radical (unpaired) electrons. The highest BCUT2D eigenvalue weighted by atomic mass is 32.2. The van der Waals surface area contributed by atoms with Gasteiger partial charge in [0.15, 0.2) is 0 Å². The van der Waals surface area contributed by atoms with Crippen LogP contribution in [0, 0.1) is 0 Å². The van der Waals surface area contributed by atoms with Gasteiger partial charge in [-0.25, -0.2) is 8.42 Å². The molecule has 2 atom stereocenters. The van der Waals surface area contributed by atoms with E-state index < -0.39 is 16.1 Å². The maximum absolute atomic E-state index is 13.8. The normalized spacial score (nSPS) is 19.5. The molecule has 0 amide bonds. The number of ketones is 1. The fraction of sp³-hybridized carbons (Fsp3) is 0.208. The molecule has 0 N–H and O–H groups in total. The molecule has 0 saturated heterocycles. The van der Waals surface area contributed by atoms with E-state index in [2.05, 4.69) is 0 Å². The third-order valence-corrected chi connectivity index (χ3v) is 7.36. The van der Waals surface area contributed by atoms with Crippen molar-refractivity contribution in [2.75, 3.05) is 0 Å². The molecule has 0 saturated carbocycles. The first kappa shape index (κ1) is 19.6. The molecule has 1 aliphatic rings. The van der Waals surface area contributed by atoms with Gasteiger partial charge in [-0.15, -0.1) is 0 Å². The maximum atomic E-state index is 13.8. The maximum Gasteiger partial charge on any atom is 0.244 e. The molecule has 1 aliphatic heterocycles. The lowest BCUT2D eigenvalue weighted by atomic mass is 9.85. The Balaban J connectivity index is 1.94. The Hall–Kier alpha value is -2.76. The molecule has 4 rings (SSSR count). The van der Waals surface area contributed by atoms with Crippen molar-refractivity contribution in [1.82, 2.24) is 4.31 Å². The summed E-state index contributed by atoms with van der Waals surface area (Å²) in [6.45, 7) is 1.52. The van der Waals surface area contributed by atoms with E-state index in [1.807, 2.05) is 54.6 Å². The Morgan fingerprint density at radius 1 is 0.897 bits per heavy atom. The summed E-state index contributed by atoms with van der Waals surface area (Å²) in [5.74, 6) is -0.0354. The second-order valence-electron chi connectivity index (χ2n) is 7.40. The first-order valence-corrected chi connectivity index (χ1v) is 11.1. The number of carbonyl (C=O) groups is 1. The molecular weight excluding hydrogens is 382 g/mol. The van der Waals surface area contributed by atoms with Crippen LogP contribution in [0.1, 0.15) is 42.1 Å². The standard InChI is InChI=1S/C24H23NO3S/c1-18(26)16-24-22-15-9-8-12-20(22)17-23(19-10-4-2-5-11-19)25(24)29(27,28)21-13-6-3-7-14-21/h2-15,23-24H,16-17H2,1H3/t23-,24+/m1/s1. The van der Waals surface area contributed by atoms with Gasteiger partial charge in [-0.3, -0.25) is 4.79 Å². The van der Waals surface area contributed by atoms with E-state index in [4.69, 9.17) is 0 Å².